The van der Waals surface area contributed by atoms with Gasteiger partial charge in [-0.2, -0.15) is 0 Å². The molecule has 1 heterocycles. The monoisotopic (exact) mass is 402 g/mol. The molecule has 2 aromatic rings. The number of carbonyl (C=O) groups excluding carboxylic acids is 2. The molecule has 2 rings (SSSR count). The van der Waals surface area contributed by atoms with Crippen LogP contribution in [0.2, 0.25) is 5.02 Å². The molecule has 0 aliphatic rings. The Morgan fingerprint density at radius 1 is 1.33 bits per heavy atom. The molecule has 0 radical (unpaired) electrons. The van der Waals surface area contributed by atoms with E-state index in [0.29, 0.717) is 20.2 Å². The summed E-state index contributed by atoms with van der Waals surface area (Å²) in [7, 11) is 0. The molecule has 0 unspecified atom stereocenters. The second kappa shape index (κ2) is 9.26. The van der Waals surface area contributed by atoms with Crippen LogP contribution in [0.4, 0.5) is 0 Å². The third-order valence-electron chi connectivity index (χ3n) is 2.78. The number of primary amides is 1. The quantitative estimate of drug-likeness (QED) is 0.658. The summed E-state index contributed by atoms with van der Waals surface area (Å²) in [6.45, 7) is 2.17. The highest BCUT2D eigenvalue weighted by Gasteiger charge is 2.17. The van der Waals surface area contributed by atoms with Gasteiger partial charge in [0.15, 0.2) is 8.68 Å². The average molecular weight is 403 g/mol. The van der Waals surface area contributed by atoms with Crippen LogP contribution in [0.3, 0.4) is 0 Å². The summed E-state index contributed by atoms with van der Waals surface area (Å²) in [4.78, 5) is 22.9. The van der Waals surface area contributed by atoms with E-state index in [2.05, 4.69) is 15.5 Å². The number of halogens is 1. The van der Waals surface area contributed by atoms with Crippen LogP contribution >= 0.6 is 46.5 Å². The number of amides is 2. The lowest BCUT2D eigenvalue weighted by Crippen LogP contribution is -2.30. The summed E-state index contributed by atoms with van der Waals surface area (Å²) in [6, 6.07) is 7.37. The molecule has 0 bridgehead atoms. The summed E-state index contributed by atoms with van der Waals surface area (Å²) >= 11 is 9.95. The lowest BCUT2D eigenvalue weighted by molar-refractivity contribution is -0.120. The van der Waals surface area contributed by atoms with Crippen molar-refractivity contribution in [1.82, 2.24) is 15.5 Å². The van der Waals surface area contributed by atoms with Crippen LogP contribution in [0.25, 0.3) is 0 Å². The normalized spacial score (nSPS) is 11.9. The van der Waals surface area contributed by atoms with Gasteiger partial charge in [-0.1, -0.05) is 64.7 Å². The Bertz CT molecular complexity index is 726. The zero-order valence-electron chi connectivity index (χ0n) is 12.7. The molecule has 6 nitrogen and oxygen atoms in total. The first-order chi connectivity index (χ1) is 11.5. The second-order valence-corrected chi connectivity index (χ2v) is 8.85. The van der Waals surface area contributed by atoms with Crippen molar-refractivity contribution in [1.29, 1.82) is 0 Å². The molecule has 24 heavy (non-hydrogen) atoms. The van der Waals surface area contributed by atoms with Crippen LogP contribution in [0.5, 0.6) is 0 Å². The number of carbonyl (C=O) groups is 2. The van der Waals surface area contributed by atoms with E-state index >= 15 is 0 Å². The summed E-state index contributed by atoms with van der Waals surface area (Å²) in [5.41, 5.74) is 5.96. The van der Waals surface area contributed by atoms with Crippen molar-refractivity contribution < 1.29 is 9.59 Å². The van der Waals surface area contributed by atoms with Gasteiger partial charge in [0.2, 0.25) is 11.8 Å². The van der Waals surface area contributed by atoms with Gasteiger partial charge in [0, 0.05) is 11.6 Å². The molecule has 0 saturated heterocycles. The summed E-state index contributed by atoms with van der Waals surface area (Å²) < 4.78 is 1.32. The minimum Gasteiger partial charge on any atom is -0.369 e. The van der Waals surface area contributed by atoms with E-state index in [1.807, 2.05) is 18.2 Å². The molecular formula is C14H15ClN4O2S3. The minimum atomic E-state index is -0.406. The van der Waals surface area contributed by atoms with E-state index in [4.69, 9.17) is 17.3 Å². The number of nitrogens with zero attached hydrogens (tertiary/aromatic N) is 2. The van der Waals surface area contributed by atoms with Crippen molar-refractivity contribution >= 4 is 58.3 Å². The molecule has 2 amide bonds. The Balaban J connectivity index is 1.83. The van der Waals surface area contributed by atoms with E-state index in [0.717, 1.165) is 5.56 Å². The topological polar surface area (TPSA) is 98.0 Å². The lowest BCUT2D eigenvalue weighted by atomic mass is 10.2. The van der Waals surface area contributed by atoms with Crippen molar-refractivity contribution in [2.75, 3.05) is 5.75 Å². The van der Waals surface area contributed by atoms with E-state index in [1.54, 1.807) is 13.0 Å². The first kappa shape index (κ1) is 19.0. The Hall–Kier alpha value is -1.29. The number of hydrogen-bond acceptors (Lipinski definition) is 7. The predicted octanol–water partition coefficient (Wildman–Crippen LogP) is 2.57. The number of rotatable bonds is 8. The highest BCUT2D eigenvalue weighted by molar-refractivity contribution is 8.04. The highest BCUT2D eigenvalue weighted by Crippen LogP contribution is 2.31. The van der Waals surface area contributed by atoms with Gasteiger partial charge in [-0.3, -0.25) is 9.59 Å². The van der Waals surface area contributed by atoms with Gasteiger partial charge < -0.3 is 11.1 Å². The number of nitrogens with one attached hydrogen (secondary N) is 1. The molecule has 3 N–H and O–H groups in total. The molecule has 10 heteroatoms. The smallest absolute Gasteiger partial charge is 0.233 e. The van der Waals surface area contributed by atoms with Gasteiger partial charge in [0.1, 0.15) is 0 Å². The highest BCUT2D eigenvalue weighted by atomic mass is 35.5. The SMILES string of the molecule is C[C@H](Sc1nnc(SCC(N)=O)s1)C(=O)NCc1ccccc1Cl. The number of hydrogen-bond donors (Lipinski definition) is 2. The second-order valence-electron chi connectivity index (χ2n) is 4.66. The molecule has 128 valence electrons. The Kier molecular flexibility index (Phi) is 7.35. The molecule has 0 aliphatic heterocycles. The fourth-order valence-corrected chi connectivity index (χ4v) is 4.74. The Labute approximate surface area is 156 Å². The predicted molar refractivity (Wildman–Crippen MR) is 98.4 cm³/mol. The van der Waals surface area contributed by atoms with Crippen molar-refractivity contribution in [2.24, 2.45) is 5.73 Å². The fraction of sp³-hybridized carbons (Fsp3) is 0.286. The average Bonchev–Trinajstić information content (AvgIpc) is 2.99. The third kappa shape index (κ3) is 5.97. The summed E-state index contributed by atoms with van der Waals surface area (Å²) in [5, 5.41) is 11.1. The fourth-order valence-electron chi connectivity index (χ4n) is 1.61. The molecule has 0 aliphatic carbocycles. The van der Waals surface area contributed by atoms with E-state index in [1.165, 1.54) is 34.9 Å². The van der Waals surface area contributed by atoms with Crippen molar-refractivity contribution in [3.63, 3.8) is 0 Å². The molecule has 0 saturated carbocycles. The molecular weight excluding hydrogens is 388 g/mol. The molecule has 0 spiro atoms. The van der Waals surface area contributed by atoms with Crippen molar-refractivity contribution in [3.05, 3.63) is 34.9 Å². The van der Waals surface area contributed by atoms with Crippen molar-refractivity contribution in [3.8, 4) is 0 Å². The number of nitrogens with two attached hydrogens (primary N) is 1. The van der Waals surface area contributed by atoms with Crippen molar-refractivity contribution in [2.45, 2.75) is 27.4 Å². The first-order valence-electron chi connectivity index (χ1n) is 6.88. The number of aromatic nitrogens is 2. The van der Waals surface area contributed by atoms with E-state index < -0.39 is 5.91 Å². The largest absolute Gasteiger partial charge is 0.369 e. The standard InChI is InChI=1S/C14H15ClN4O2S3/c1-8(12(21)17-6-9-4-2-3-5-10(9)15)23-14-19-18-13(24-14)22-7-11(16)20/h2-5,8H,6-7H2,1H3,(H2,16,20)(H,17,21)/t8-/m0/s1. The number of thioether (sulfide) groups is 2. The van der Waals surface area contributed by atoms with Gasteiger partial charge in [-0.05, 0) is 18.6 Å². The van der Waals surface area contributed by atoms with Gasteiger partial charge in [0.05, 0.1) is 11.0 Å². The Morgan fingerprint density at radius 3 is 2.75 bits per heavy atom. The van der Waals surface area contributed by atoms with Gasteiger partial charge in [-0.15, -0.1) is 10.2 Å². The van der Waals surface area contributed by atoms with Gasteiger partial charge >= 0.3 is 0 Å². The van der Waals surface area contributed by atoms with Crippen LogP contribution in [0.15, 0.2) is 32.9 Å². The van der Waals surface area contributed by atoms with E-state index in [-0.39, 0.29) is 16.9 Å². The lowest BCUT2D eigenvalue weighted by Gasteiger charge is -2.11. The third-order valence-corrected chi connectivity index (χ3v) is 6.42. The van der Waals surface area contributed by atoms with Crippen LogP contribution in [0.1, 0.15) is 12.5 Å². The summed E-state index contributed by atoms with van der Waals surface area (Å²) in [6.07, 6.45) is 0. The Morgan fingerprint density at radius 2 is 2.04 bits per heavy atom. The number of benzene rings is 1. The maximum atomic E-state index is 12.2. The molecule has 1 aromatic heterocycles. The maximum absolute atomic E-state index is 12.2. The molecule has 0 fully saturated rings. The first-order valence-corrected chi connectivity index (χ1v) is 9.94. The van der Waals surface area contributed by atoms with Gasteiger partial charge in [-0.25, -0.2) is 0 Å². The zero-order chi connectivity index (χ0) is 17.5. The van der Waals surface area contributed by atoms with E-state index in [9.17, 15) is 9.59 Å². The van der Waals surface area contributed by atoms with Crippen LogP contribution < -0.4 is 11.1 Å². The van der Waals surface area contributed by atoms with Crippen LogP contribution in [-0.2, 0) is 16.1 Å². The molecule has 1 aromatic carbocycles. The minimum absolute atomic E-state index is 0.110. The van der Waals surface area contributed by atoms with Crippen LogP contribution in [-0.4, -0.2) is 33.0 Å². The maximum Gasteiger partial charge on any atom is 0.233 e. The molecule has 1 atom stereocenters. The van der Waals surface area contributed by atoms with Gasteiger partial charge in [0.25, 0.3) is 0 Å². The zero-order valence-corrected chi connectivity index (χ0v) is 15.9. The van der Waals surface area contributed by atoms with Crippen LogP contribution in [0, 0.1) is 0 Å². The summed E-state index contributed by atoms with van der Waals surface area (Å²) in [5.74, 6) is -0.356.